The van der Waals surface area contributed by atoms with Crippen molar-refractivity contribution >= 4 is 65.0 Å². The SMILES string of the molecule is c1ccc(-c2nc(-c3ccccc3)nc(-c3ccc(-n4cc5c6c(c7ccccc7cc64)-c4ccccc4-c4ccccc4-5)cc3)n2)cc1.c1ccc(-c2nc(-c3ccccc3)nc(-c3cccc(-n4cc5c6c(c7ccccc7cc64)-c4ccccc4-c4ccccc4-5)c3)n2)cc1.c1ccc(-c2nc(-c3ccccc3)nc(-n3cc4c5c(c6ccccc6cc53)-c3ccccc3-c3ccccc3-4)n2)cc1. The molecule has 0 aliphatic heterocycles. The van der Waals surface area contributed by atoms with Crippen LogP contribution in [-0.4, -0.2) is 58.6 Å². The van der Waals surface area contributed by atoms with E-state index in [-0.39, 0.29) is 0 Å². The van der Waals surface area contributed by atoms with Crippen LogP contribution in [0.1, 0.15) is 0 Å². The van der Waals surface area contributed by atoms with Gasteiger partial charge in [0.05, 0.1) is 16.6 Å². The number of nitrogens with zero attached hydrogens (tertiary/aromatic N) is 12. The van der Waals surface area contributed by atoms with Crippen molar-refractivity contribution in [1.82, 2.24) is 58.6 Å². The Bertz CT molecular complexity index is 9290. The topological polar surface area (TPSA) is 131 Å². The lowest BCUT2D eigenvalue weighted by Crippen LogP contribution is -2.05. The highest BCUT2D eigenvalue weighted by Gasteiger charge is 2.32. The average Bonchev–Trinajstić information content (AvgIpc) is 1.57. The first-order valence-corrected chi connectivity index (χ1v) is 47.5. The highest BCUT2D eigenvalue weighted by Crippen LogP contribution is 2.56. The van der Waals surface area contributed by atoms with Gasteiger partial charge in [-0.25, -0.2) is 34.9 Å². The molecule has 0 bridgehead atoms. The van der Waals surface area contributed by atoms with Crippen molar-refractivity contribution in [1.29, 1.82) is 0 Å². The molecule has 141 heavy (non-hydrogen) atoms. The standard InChI is InChI=1S/2C45H28N4.C39H24N4/c1-3-14-29(15-4-1)43-46-44(30-16-5-2-6-17-30)48-45(47-43)32-19-13-20-33(26-32)49-28-39-37-24-10-9-22-35(37)36-23-11-12-25-38(36)41-34-21-8-7-18-31(34)27-40(49)42(39)41;1-3-13-29(14-4-1)43-46-44(30-15-5-2-6-16-30)48-45(47-43)31-23-25-33(26-24-31)49-28-39-37-21-10-9-19-35(37)36-20-11-12-22-38(36)41-34-18-8-7-17-32(34)27-40(49)42(39)41;1-3-13-25(14-4-1)37-40-38(26-15-5-2-6-16-26)42-39(41-37)43-24-33-31-21-10-9-19-29(31)30-20-11-12-22-32(30)35-28-18-8-7-17-27(28)23-34(43)36(33)35/h2*1-28H;1-24H. The molecule has 6 heterocycles. The molecule has 0 saturated heterocycles. The average molecular weight is 1800 g/mol. The van der Waals surface area contributed by atoms with Gasteiger partial charge in [0.1, 0.15) is 0 Å². The molecular formula is C129H80N12. The molecule has 0 fully saturated rings. The first kappa shape index (κ1) is 81.4. The molecule has 0 saturated carbocycles. The first-order chi connectivity index (χ1) is 69.9. The largest absolute Gasteiger partial charge is 0.316 e. The third-order valence-corrected chi connectivity index (χ3v) is 27.6. The van der Waals surface area contributed by atoms with Gasteiger partial charge in [-0.2, -0.15) is 9.97 Å². The number of hydrogen-bond donors (Lipinski definition) is 0. The zero-order chi connectivity index (χ0) is 93.0. The van der Waals surface area contributed by atoms with Crippen molar-refractivity contribution in [2.24, 2.45) is 0 Å². The quantitative estimate of drug-likeness (QED) is 0.124. The van der Waals surface area contributed by atoms with E-state index in [2.05, 4.69) is 317 Å². The minimum absolute atomic E-state index is 0.594. The third-order valence-electron chi connectivity index (χ3n) is 27.6. The molecule has 0 radical (unpaired) electrons. The lowest BCUT2D eigenvalue weighted by Gasteiger charge is -2.15. The van der Waals surface area contributed by atoms with E-state index >= 15 is 0 Å². The number of rotatable bonds is 11. The normalized spacial score (nSPS) is 11.7. The number of hydrogen-bond acceptors (Lipinski definition) is 9. The van der Waals surface area contributed by atoms with Gasteiger partial charge in [0, 0.05) is 124 Å². The van der Waals surface area contributed by atoms with Gasteiger partial charge in [-0.3, -0.25) is 4.57 Å². The van der Waals surface area contributed by atoms with Crippen LogP contribution in [0.3, 0.4) is 0 Å². The fraction of sp³-hybridized carbons (Fsp3) is 0. The second-order valence-electron chi connectivity index (χ2n) is 35.8. The third kappa shape index (κ3) is 14.1. The Morgan fingerprint density at radius 2 is 0.362 bits per heavy atom. The van der Waals surface area contributed by atoms with E-state index in [9.17, 15) is 0 Å². The van der Waals surface area contributed by atoms with E-state index < -0.39 is 0 Å². The Hall–Kier alpha value is -19.2. The van der Waals surface area contributed by atoms with Crippen LogP contribution < -0.4 is 0 Å². The van der Waals surface area contributed by atoms with Crippen LogP contribution in [0.5, 0.6) is 0 Å². The van der Waals surface area contributed by atoms with Gasteiger partial charge in [-0.15, -0.1) is 0 Å². The molecule has 0 N–H and O–H groups in total. The molecule has 0 atom stereocenters. The number of aromatic nitrogens is 12. The molecule has 3 aliphatic rings. The van der Waals surface area contributed by atoms with Gasteiger partial charge < -0.3 is 9.13 Å². The Kier molecular flexibility index (Phi) is 19.6. The molecule has 12 heteroatoms. The Balaban J connectivity index is 0.000000106. The molecule has 29 rings (SSSR count). The summed E-state index contributed by atoms with van der Waals surface area (Å²) in [5, 5.41) is 11.1. The van der Waals surface area contributed by atoms with Crippen LogP contribution in [-0.2, 0) is 0 Å². The van der Waals surface area contributed by atoms with Crippen molar-refractivity contribution in [3.63, 3.8) is 0 Å². The molecule has 0 unspecified atom stereocenters. The number of benzene rings is 20. The molecule has 0 spiro atoms. The van der Waals surface area contributed by atoms with E-state index in [1.165, 1.54) is 154 Å². The predicted molar refractivity (Wildman–Crippen MR) is 576 cm³/mol. The van der Waals surface area contributed by atoms with E-state index in [0.29, 0.717) is 52.5 Å². The fourth-order valence-corrected chi connectivity index (χ4v) is 21.2. The maximum absolute atomic E-state index is 5.09. The molecule has 6 aromatic heterocycles. The fourth-order valence-electron chi connectivity index (χ4n) is 21.2. The summed E-state index contributed by atoms with van der Waals surface area (Å²) in [6.07, 6.45) is 6.85. The summed E-state index contributed by atoms with van der Waals surface area (Å²) in [5.41, 5.74) is 35.5. The van der Waals surface area contributed by atoms with E-state index in [4.69, 9.17) is 44.9 Å². The summed E-state index contributed by atoms with van der Waals surface area (Å²) in [7, 11) is 0. The van der Waals surface area contributed by atoms with Crippen molar-refractivity contribution < 1.29 is 0 Å². The lowest BCUT2D eigenvalue weighted by molar-refractivity contribution is 0.934. The number of fused-ring (bicyclic) bond motifs is 21. The van der Waals surface area contributed by atoms with E-state index in [0.717, 1.165) is 66.9 Å². The van der Waals surface area contributed by atoms with Crippen molar-refractivity contribution in [3.05, 3.63) is 486 Å². The van der Waals surface area contributed by atoms with Gasteiger partial charge in [0.2, 0.25) is 5.95 Å². The lowest BCUT2D eigenvalue weighted by atomic mass is 9.91. The summed E-state index contributed by atoms with van der Waals surface area (Å²) in [6, 6.07) is 164. The predicted octanol–water partition coefficient (Wildman–Crippen LogP) is 32.2. The minimum Gasteiger partial charge on any atom is -0.316 e. The van der Waals surface area contributed by atoms with Crippen molar-refractivity contribution in [2.45, 2.75) is 0 Å². The maximum atomic E-state index is 5.09. The molecule has 26 aromatic rings. The van der Waals surface area contributed by atoms with Gasteiger partial charge in [0.25, 0.3) is 0 Å². The Morgan fingerprint density at radius 1 is 0.142 bits per heavy atom. The molecular weight excluding hydrogens is 1720 g/mol. The van der Waals surface area contributed by atoms with E-state index in [1.54, 1.807) is 0 Å². The minimum atomic E-state index is 0.594. The first-order valence-electron chi connectivity index (χ1n) is 47.5. The van der Waals surface area contributed by atoms with Crippen LogP contribution in [0.2, 0.25) is 0 Å². The Morgan fingerprint density at radius 3 is 0.674 bits per heavy atom. The van der Waals surface area contributed by atoms with Gasteiger partial charge in [-0.1, -0.05) is 413 Å². The summed E-state index contributed by atoms with van der Waals surface area (Å²) in [4.78, 5) is 44.8. The van der Waals surface area contributed by atoms with Gasteiger partial charge >= 0.3 is 0 Å². The zero-order valence-corrected chi connectivity index (χ0v) is 76.1. The summed E-state index contributed by atoms with van der Waals surface area (Å²) in [6.45, 7) is 0. The summed E-state index contributed by atoms with van der Waals surface area (Å²) < 4.78 is 6.84. The van der Waals surface area contributed by atoms with Crippen LogP contribution in [0.25, 0.3) is 274 Å². The van der Waals surface area contributed by atoms with Crippen LogP contribution in [0.4, 0.5) is 0 Å². The highest BCUT2D eigenvalue weighted by atomic mass is 15.2. The smallest absolute Gasteiger partial charge is 0.238 e. The monoisotopic (exact) mass is 1800 g/mol. The van der Waals surface area contributed by atoms with E-state index in [1.807, 2.05) is 182 Å². The maximum Gasteiger partial charge on any atom is 0.238 e. The second kappa shape index (κ2) is 34.0. The van der Waals surface area contributed by atoms with Crippen molar-refractivity contribution in [3.8, 4) is 209 Å². The second-order valence-corrected chi connectivity index (χ2v) is 35.8. The van der Waals surface area contributed by atoms with Crippen molar-refractivity contribution in [2.75, 3.05) is 0 Å². The van der Waals surface area contributed by atoms with Crippen LogP contribution >= 0.6 is 0 Å². The zero-order valence-electron chi connectivity index (χ0n) is 76.1. The molecule has 0 amide bonds. The van der Waals surface area contributed by atoms with Crippen LogP contribution in [0.15, 0.2) is 486 Å². The molecule has 3 aliphatic carbocycles. The summed E-state index contributed by atoms with van der Waals surface area (Å²) >= 11 is 0. The summed E-state index contributed by atoms with van der Waals surface area (Å²) in [5.74, 6) is 5.78. The Labute approximate surface area is 812 Å². The molecule has 656 valence electrons. The van der Waals surface area contributed by atoms with Gasteiger partial charge in [0.15, 0.2) is 46.6 Å². The molecule has 12 nitrogen and oxygen atoms in total. The molecule has 20 aromatic carbocycles. The highest BCUT2D eigenvalue weighted by molar-refractivity contribution is 6.25. The van der Waals surface area contributed by atoms with Gasteiger partial charge in [-0.05, 0) is 154 Å². The van der Waals surface area contributed by atoms with Crippen LogP contribution in [0, 0.1) is 0 Å².